The summed E-state index contributed by atoms with van der Waals surface area (Å²) in [6, 6.07) is 14.9. The summed E-state index contributed by atoms with van der Waals surface area (Å²) in [6.45, 7) is 14.3. The zero-order valence-corrected chi connectivity index (χ0v) is 28.9. The van der Waals surface area contributed by atoms with Gasteiger partial charge in [-0.3, -0.25) is 14.8 Å². The van der Waals surface area contributed by atoms with Crippen LogP contribution in [0.1, 0.15) is 102 Å². The molecule has 2 aliphatic heterocycles. The van der Waals surface area contributed by atoms with Crippen LogP contribution < -0.4 is 10.4 Å². The standard InChI is InChI=1S/C33H47N3O5S.C3H8/c1-4-25(3)23-26-7-9-28(10-8-26)31(37)24-27-15-20-36(21-16-27)29-11-13-30(14-12-29)42(40,41)33(32(38)34-39)17-6-19-35(5-2)22-18-33;1-3-2/h7-14,25,27,39H,4-6,15-24H2,1-3H3,(H,34,38);3H2,1-2H3. The number of carbonyl (C=O) groups excluding carboxylic acids is 2. The molecular weight excluding hydrogens is 586 g/mol. The minimum absolute atomic E-state index is 0.0930. The molecule has 2 aliphatic rings. The number of piperidine rings is 1. The lowest BCUT2D eigenvalue weighted by atomic mass is 9.89. The van der Waals surface area contributed by atoms with Gasteiger partial charge in [0.1, 0.15) is 0 Å². The average Bonchev–Trinajstić information content (AvgIpc) is 3.29. The Morgan fingerprint density at radius 3 is 2.11 bits per heavy atom. The normalized spacial score (nSPS) is 20.4. The molecule has 45 heavy (non-hydrogen) atoms. The highest BCUT2D eigenvalue weighted by atomic mass is 32.2. The number of nitrogens with one attached hydrogen (secondary N) is 1. The van der Waals surface area contributed by atoms with Gasteiger partial charge in [0.15, 0.2) is 20.4 Å². The van der Waals surface area contributed by atoms with Crippen molar-refractivity contribution < 1.29 is 23.2 Å². The number of hydroxylamine groups is 1. The summed E-state index contributed by atoms with van der Waals surface area (Å²) in [7, 11) is -4.05. The molecule has 2 N–H and O–H groups in total. The first-order valence-corrected chi connectivity index (χ1v) is 18.4. The number of Topliss-reactive ketones (excluding diaryl/α,β-unsaturated/α-hetero) is 1. The first kappa shape index (κ1) is 36.7. The van der Waals surface area contributed by atoms with Crippen LogP contribution in [-0.4, -0.2) is 67.7 Å². The molecule has 9 heteroatoms. The van der Waals surface area contributed by atoms with Crippen molar-refractivity contribution in [2.24, 2.45) is 11.8 Å². The zero-order chi connectivity index (χ0) is 33.0. The van der Waals surface area contributed by atoms with E-state index in [1.54, 1.807) is 29.7 Å². The predicted octanol–water partition coefficient (Wildman–Crippen LogP) is 6.70. The lowest BCUT2D eigenvalue weighted by Gasteiger charge is -2.34. The molecule has 0 aliphatic carbocycles. The molecule has 0 aromatic heterocycles. The van der Waals surface area contributed by atoms with E-state index >= 15 is 0 Å². The van der Waals surface area contributed by atoms with E-state index < -0.39 is 20.5 Å². The largest absolute Gasteiger partial charge is 0.372 e. The number of likely N-dealkylation sites (tertiary alicyclic amines) is 1. The van der Waals surface area contributed by atoms with Crippen LogP contribution >= 0.6 is 0 Å². The van der Waals surface area contributed by atoms with Crippen LogP contribution in [0.2, 0.25) is 0 Å². The van der Waals surface area contributed by atoms with E-state index in [1.807, 2.05) is 19.1 Å². The highest BCUT2D eigenvalue weighted by Crippen LogP contribution is 2.37. The fourth-order valence-electron chi connectivity index (χ4n) is 6.41. The lowest BCUT2D eigenvalue weighted by molar-refractivity contribution is -0.132. The number of rotatable bonds is 11. The van der Waals surface area contributed by atoms with Gasteiger partial charge in [-0.1, -0.05) is 71.7 Å². The van der Waals surface area contributed by atoms with Gasteiger partial charge in [-0.15, -0.1) is 0 Å². The van der Waals surface area contributed by atoms with Gasteiger partial charge in [-0.05, 0) is 93.3 Å². The minimum atomic E-state index is -4.05. The molecule has 2 fully saturated rings. The van der Waals surface area contributed by atoms with Crippen molar-refractivity contribution in [3.8, 4) is 0 Å². The van der Waals surface area contributed by atoms with Crippen molar-refractivity contribution in [3.05, 3.63) is 59.7 Å². The SMILES string of the molecule is CCC.CCC(C)Cc1ccc(C(=O)CC2CCN(c3ccc(S(=O)(=O)C4(C(=O)NO)CCCN(CC)CC4)cc3)CC2)cc1. The van der Waals surface area contributed by atoms with E-state index in [4.69, 9.17) is 0 Å². The minimum Gasteiger partial charge on any atom is -0.372 e. The molecule has 1 amide bonds. The molecule has 2 heterocycles. The number of hydrogen-bond donors (Lipinski definition) is 2. The van der Waals surface area contributed by atoms with Crippen molar-refractivity contribution in [1.29, 1.82) is 0 Å². The zero-order valence-electron chi connectivity index (χ0n) is 28.1. The number of carbonyl (C=O) groups is 2. The summed E-state index contributed by atoms with van der Waals surface area (Å²) in [4.78, 5) is 30.2. The van der Waals surface area contributed by atoms with Crippen molar-refractivity contribution >= 4 is 27.2 Å². The first-order valence-electron chi connectivity index (χ1n) is 16.9. The molecular formula is C36H55N3O5S. The predicted molar refractivity (Wildman–Crippen MR) is 182 cm³/mol. The number of nitrogens with zero attached hydrogens (tertiary/aromatic N) is 2. The molecule has 2 aromatic rings. The van der Waals surface area contributed by atoms with Gasteiger partial charge < -0.3 is 9.80 Å². The van der Waals surface area contributed by atoms with E-state index in [9.17, 15) is 23.2 Å². The van der Waals surface area contributed by atoms with E-state index in [2.05, 4.69) is 49.6 Å². The van der Waals surface area contributed by atoms with Gasteiger partial charge in [-0.25, -0.2) is 13.9 Å². The van der Waals surface area contributed by atoms with Crippen molar-refractivity contribution in [2.45, 2.75) is 102 Å². The Bertz CT molecular complexity index is 1320. The Morgan fingerprint density at radius 2 is 1.56 bits per heavy atom. The molecule has 0 saturated carbocycles. The van der Waals surface area contributed by atoms with E-state index in [0.29, 0.717) is 31.2 Å². The van der Waals surface area contributed by atoms with Crippen LogP contribution in [0.15, 0.2) is 53.4 Å². The van der Waals surface area contributed by atoms with Crippen LogP contribution in [0.4, 0.5) is 5.69 Å². The van der Waals surface area contributed by atoms with Gasteiger partial charge in [0, 0.05) is 37.3 Å². The monoisotopic (exact) mass is 641 g/mol. The molecule has 2 saturated heterocycles. The third-order valence-electron chi connectivity index (χ3n) is 9.52. The second kappa shape index (κ2) is 17.2. The van der Waals surface area contributed by atoms with Crippen molar-refractivity contribution in [2.75, 3.05) is 37.6 Å². The molecule has 250 valence electrons. The van der Waals surface area contributed by atoms with Crippen molar-refractivity contribution in [1.82, 2.24) is 10.4 Å². The Labute approximate surface area is 271 Å². The summed E-state index contributed by atoms with van der Waals surface area (Å²) in [5.41, 5.74) is 4.63. The fraction of sp³-hybridized carbons (Fsp3) is 0.611. The van der Waals surface area contributed by atoms with E-state index in [-0.39, 0.29) is 23.5 Å². The Balaban J connectivity index is 0.00000177. The number of hydrogen-bond acceptors (Lipinski definition) is 7. The maximum absolute atomic E-state index is 13.9. The van der Waals surface area contributed by atoms with Gasteiger partial charge in [0.2, 0.25) is 0 Å². The van der Waals surface area contributed by atoms with Crippen LogP contribution in [0, 0.1) is 11.8 Å². The Morgan fingerprint density at radius 1 is 0.933 bits per heavy atom. The average molecular weight is 642 g/mol. The first-order chi connectivity index (χ1) is 21.5. The molecule has 8 nitrogen and oxygen atoms in total. The smallest absolute Gasteiger partial charge is 0.265 e. The molecule has 2 aromatic carbocycles. The number of ketones is 1. The lowest BCUT2D eigenvalue weighted by Crippen LogP contribution is -2.52. The summed E-state index contributed by atoms with van der Waals surface area (Å²) >= 11 is 0. The number of amides is 1. The highest BCUT2D eigenvalue weighted by molar-refractivity contribution is 7.93. The molecule has 0 bridgehead atoms. The molecule has 2 unspecified atom stereocenters. The van der Waals surface area contributed by atoms with Crippen LogP contribution in [0.5, 0.6) is 0 Å². The Hall–Kier alpha value is -2.75. The molecule has 0 radical (unpaired) electrons. The third kappa shape index (κ3) is 9.17. The fourth-order valence-corrected chi connectivity index (χ4v) is 8.42. The second-order valence-electron chi connectivity index (χ2n) is 12.9. The Kier molecular flexibility index (Phi) is 14.1. The maximum Gasteiger partial charge on any atom is 0.265 e. The van der Waals surface area contributed by atoms with E-state index in [0.717, 1.165) is 63.1 Å². The highest BCUT2D eigenvalue weighted by Gasteiger charge is 2.51. The number of benzene rings is 2. The second-order valence-corrected chi connectivity index (χ2v) is 15.2. The van der Waals surface area contributed by atoms with Gasteiger partial charge in [-0.2, -0.15) is 0 Å². The summed E-state index contributed by atoms with van der Waals surface area (Å²) in [6.07, 6.45) is 6.61. The van der Waals surface area contributed by atoms with Crippen LogP contribution in [-0.2, 0) is 21.1 Å². The summed E-state index contributed by atoms with van der Waals surface area (Å²) < 4.78 is 26.0. The van der Waals surface area contributed by atoms with Gasteiger partial charge >= 0.3 is 0 Å². The van der Waals surface area contributed by atoms with Crippen LogP contribution in [0.25, 0.3) is 0 Å². The third-order valence-corrected chi connectivity index (χ3v) is 12.0. The van der Waals surface area contributed by atoms with Crippen LogP contribution in [0.3, 0.4) is 0 Å². The molecule has 4 rings (SSSR count). The van der Waals surface area contributed by atoms with Gasteiger partial charge in [0.05, 0.1) is 4.90 Å². The number of anilines is 1. The number of sulfone groups is 1. The van der Waals surface area contributed by atoms with Crippen molar-refractivity contribution in [3.63, 3.8) is 0 Å². The van der Waals surface area contributed by atoms with E-state index in [1.165, 1.54) is 12.0 Å². The summed E-state index contributed by atoms with van der Waals surface area (Å²) in [5, 5.41) is 9.47. The molecule has 2 atom stereocenters. The quantitative estimate of drug-likeness (QED) is 0.160. The molecule has 0 spiro atoms. The summed E-state index contributed by atoms with van der Waals surface area (Å²) in [5.74, 6) is 0.293. The maximum atomic E-state index is 13.9. The van der Waals surface area contributed by atoms with Gasteiger partial charge in [0.25, 0.3) is 5.91 Å². The topological polar surface area (TPSA) is 107 Å².